The van der Waals surface area contributed by atoms with Crippen molar-refractivity contribution < 1.29 is 9.53 Å². The van der Waals surface area contributed by atoms with Gasteiger partial charge in [0.1, 0.15) is 11.4 Å². The van der Waals surface area contributed by atoms with Gasteiger partial charge in [0.2, 0.25) is 0 Å². The van der Waals surface area contributed by atoms with Crippen LogP contribution in [-0.4, -0.2) is 57.2 Å². The number of carbonyl (C=O) groups excluding carboxylic acids is 1. The first-order chi connectivity index (χ1) is 17.1. The molecule has 0 saturated carbocycles. The van der Waals surface area contributed by atoms with Crippen LogP contribution in [0.3, 0.4) is 0 Å². The van der Waals surface area contributed by atoms with E-state index in [9.17, 15) is 4.79 Å². The Morgan fingerprint density at radius 2 is 1.94 bits per heavy atom. The SMILES string of the molecule is Cc1nccn1CC1=Cc2ccccc2C(N2CCN(C(=O)OC(C)(C)C)CC2)C/C1=C\C(Br)=C/N. The smallest absolute Gasteiger partial charge is 0.410 e. The van der Waals surface area contributed by atoms with Crippen molar-refractivity contribution in [1.29, 1.82) is 0 Å². The van der Waals surface area contributed by atoms with Gasteiger partial charge in [-0.15, -0.1) is 0 Å². The average molecular weight is 555 g/mol. The number of hydrogen-bond acceptors (Lipinski definition) is 5. The molecule has 8 heteroatoms. The zero-order chi connectivity index (χ0) is 25.9. The van der Waals surface area contributed by atoms with Crippen molar-refractivity contribution >= 4 is 28.1 Å². The molecule has 2 N–H and O–H groups in total. The molecule has 0 radical (unpaired) electrons. The summed E-state index contributed by atoms with van der Waals surface area (Å²) in [6.45, 7) is 11.3. The zero-order valence-electron chi connectivity index (χ0n) is 21.6. The Morgan fingerprint density at radius 1 is 1.22 bits per heavy atom. The third-order valence-electron chi connectivity index (χ3n) is 6.65. The minimum atomic E-state index is -0.492. The predicted octanol–water partition coefficient (Wildman–Crippen LogP) is 5.39. The Kier molecular flexibility index (Phi) is 8.05. The van der Waals surface area contributed by atoms with Gasteiger partial charge in [0.15, 0.2) is 0 Å². The van der Waals surface area contributed by atoms with Gasteiger partial charge in [0.05, 0.1) is 0 Å². The maximum absolute atomic E-state index is 12.6. The molecule has 1 atom stereocenters. The summed E-state index contributed by atoms with van der Waals surface area (Å²) in [4.78, 5) is 21.3. The van der Waals surface area contributed by atoms with Crippen LogP contribution >= 0.6 is 15.9 Å². The second-order valence-corrected chi connectivity index (χ2v) is 11.3. The molecular formula is C28H36BrN5O2. The molecule has 0 bridgehead atoms. The fourth-order valence-corrected chi connectivity index (χ4v) is 5.09. The molecule has 1 saturated heterocycles. The summed E-state index contributed by atoms with van der Waals surface area (Å²) in [5.74, 6) is 0.982. The zero-order valence-corrected chi connectivity index (χ0v) is 23.2. The molecule has 2 aliphatic rings. The van der Waals surface area contributed by atoms with Crippen LogP contribution in [0.1, 0.15) is 50.2 Å². The Labute approximate surface area is 222 Å². The number of ether oxygens (including phenoxy) is 1. The highest BCUT2D eigenvalue weighted by Crippen LogP contribution is 2.39. The number of hydrogen-bond donors (Lipinski definition) is 1. The van der Waals surface area contributed by atoms with Crippen LogP contribution in [0.4, 0.5) is 4.79 Å². The lowest BCUT2D eigenvalue weighted by molar-refractivity contribution is 0.0102. The van der Waals surface area contributed by atoms with Gasteiger partial charge < -0.3 is 19.9 Å². The monoisotopic (exact) mass is 553 g/mol. The number of halogens is 1. The number of imidazole rings is 1. The molecular weight excluding hydrogens is 518 g/mol. The van der Waals surface area contributed by atoms with E-state index in [1.54, 1.807) is 6.20 Å². The van der Waals surface area contributed by atoms with Gasteiger partial charge in [0, 0.05) is 61.8 Å². The second-order valence-electron chi connectivity index (χ2n) is 10.3. The molecule has 0 spiro atoms. The molecule has 1 aliphatic heterocycles. The topological polar surface area (TPSA) is 76.6 Å². The number of amides is 1. The van der Waals surface area contributed by atoms with E-state index in [1.807, 2.05) is 45.0 Å². The predicted molar refractivity (Wildman–Crippen MR) is 147 cm³/mol. The first kappa shape index (κ1) is 26.2. The number of allylic oxidation sites excluding steroid dienone is 3. The maximum atomic E-state index is 12.6. The first-order valence-electron chi connectivity index (χ1n) is 12.4. The number of aryl methyl sites for hydroxylation is 1. The summed E-state index contributed by atoms with van der Waals surface area (Å²) < 4.78 is 8.62. The van der Waals surface area contributed by atoms with Crippen molar-refractivity contribution in [3.63, 3.8) is 0 Å². The highest BCUT2D eigenvalue weighted by Gasteiger charge is 2.32. The molecule has 192 valence electrons. The summed E-state index contributed by atoms with van der Waals surface area (Å²) in [6, 6.07) is 8.81. The first-order valence-corrected chi connectivity index (χ1v) is 13.2. The number of carbonyl (C=O) groups is 1. The Bertz CT molecular complexity index is 1180. The Morgan fingerprint density at radius 3 is 2.58 bits per heavy atom. The van der Waals surface area contributed by atoms with E-state index in [0.717, 1.165) is 36.4 Å². The lowest BCUT2D eigenvalue weighted by Crippen LogP contribution is -2.50. The van der Waals surface area contributed by atoms with Crippen LogP contribution in [0.25, 0.3) is 6.08 Å². The highest BCUT2D eigenvalue weighted by atomic mass is 79.9. The number of fused-ring (bicyclic) bond motifs is 1. The van der Waals surface area contributed by atoms with Gasteiger partial charge in [-0.3, -0.25) is 4.90 Å². The van der Waals surface area contributed by atoms with Gasteiger partial charge in [-0.25, -0.2) is 9.78 Å². The molecule has 1 aromatic carbocycles. The number of rotatable bonds is 4. The van der Waals surface area contributed by atoms with Crippen molar-refractivity contribution in [3.05, 3.63) is 81.5 Å². The molecule has 1 unspecified atom stereocenters. The maximum Gasteiger partial charge on any atom is 0.410 e. The van der Waals surface area contributed by atoms with Crippen molar-refractivity contribution in [2.45, 2.75) is 52.3 Å². The summed E-state index contributed by atoms with van der Waals surface area (Å²) in [5, 5.41) is 0. The van der Waals surface area contributed by atoms with Crippen molar-refractivity contribution in [1.82, 2.24) is 19.4 Å². The highest BCUT2D eigenvalue weighted by molar-refractivity contribution is 9.11. The van der Waals surface area contributed by atoms with E-state index >= 15 is 0 Å². The molecule has 1 aliphatic carbocycles. The van der Waals surface area contributed by atoms with Gasteiger partial charge >= 0.3 is 6.09 Å². The fraction of sp³-hybridized carbons (Fsp3) is 0.429. The van der Waals surface area contributed by atoms with Gasteiger partial charge in [-0.2, -0.15) is 0 Å². The van der Waals surface area contributed by atoms with Crippen LogP contribution in [0, 0.1) is 6.92 Å². The number of aromatic nitrogens is 2. The van der Waals surface area contributed by atoms with Gasteiger partial charge in [0.25, 0.3) is 0 Å². The molecule has 36 heavy (non-hydrogen) atoms. The van der Waals surface area contributed by atoms with E-state index < -0.39 is 5.60 Å². The van der Waals surface area contributed by atoms with E-state index in [4.69, 9.17) is 10.5 Å². The minimum absolute atomic E-state index is 0.184. The summed E-state index contributed by atoms with van der Waals surface area (Å²) in [6.07, 6.45) is 10.5. The number of nitrogens with two attached hydrogens (primary N) is 1. The lowest BCUT2D eigenvalue weighted by Gasteiger charge is -2.40. The Balaban J connectivity index is 1.62. The molecule has 1 aromatic heterocycles. The summed E-state index contributed by atoms with van der Waals surface area (Å²) in [7, 11) is 0. The molecule has 1 amide bonds. The van der Waals surface area contributed by atoms with Crippen LogP contribution < -0.4 is 5.73 Å². The van der Waals surface area contributed by atoms with Gasteiger partial charge in [-0.05, 0) is 84.5 Å². The third-order valence-corrected chi connectivity index (χ3v) is 7.15. The number of nitrogens with zero attached hydrogens (tertiary/aromatic N) is 4. The molecule has 7 nitrogen and oxygen atoms in total. The fourth-order valence-electron chi connectivity index (χ4n) is 4.81. The average Bonchev–Trinajstić information content (AvgIpc) is 3.17. The number of piperazine rings is 1. The van der Waals surface area contributed by atoms with E-state index in [0.29, 0.717) is 13.1 Å². The van der Waals surface area contributed by atoms with Crippen LogP contribution in [0.5, 0.6) is 0 Å². The molecule has 1 fully saturated rings. The van der Waals surface area contributed by atoms with E-state index in [1.165, 1.54) is 22.3 Å². The van der Waals surface area contributed by atoms with Crippen molar-refractivity contribution in [2.24, 2.45) is 5.73 Å². The quantitative estimate of drug-likeness (QED) is 0.548. The standard InChI is InChI=1S/C28H36BrN5O2/c1-20-31-9-10-34(20)19-23-15-21-7-5-6-8-25(21)26(17-22(23)16-24(29)18-30)32-11-13-33(14-12-32)27(35)36-28(2,3)4/h5-10,15-16,18,26H,11-14,17,19,30H2,1-4H3/b22-16+,24-18+. The van der Waals surface area contributed by atoms with Crippen LogP contribution in [0.2, 0.25) is 0 Å². The van der Waals surface area contributed by atoms with E-state index in [2.05, 4.69) is 66.8 Å². The molecule has 2 heterocycles. The van der Waals surface area contributed by atoms with Crippen molar-refractivity contribution in [3.8, 4) is 0 Å². The Hall–Kier alpha value is -2.84. The van der Waals surface area contributed by atoms with E-state index in [-0.39, 0.29) is 12.1 Å². The minimum Gasteiger partial charge on any atom is -0.444 e. The largest absolute Gasteiger partial charge is 0.444 e. The third kappa shape index (κ3) is 6.28. The van der Waals surface area contributed by atoms with Crippen molar-refractivity contribution in [2.75, 3.05) is 26.2 Å². The van der Waals surface area contributed by atoms with Crippen LogP contribution in [-0.2, 0) is 11.3 Å². The molecule has 2 aromatic rings. The molecule has 4 rings (SSSR count). The summed E-state index contributed by atoms with van der Waals surface area (Å²) >= 11 is 3.60. The lowest BCUT2D eigenvalue weighted by atomic mass is 9.94. The van der Waals surface area contributed by atoms with Crippen LogP contribution in [0.15, 0.2) is 64.6 Å². The van der Waals surface area contributed by atoms with Gasteiger partial charge in [-0.1, -0.05) is 24.3 Å². The second kappa shape index (κ2) is 11.0. The summed E-state index contributed by atoms with van der Waals surface area (Å²) in [5.41, 5.74) is 10.3. The number of benzene rings is 1. The normalized spacial score (nSPS) is 20.6.